The maximum atomic E-state index is 12.8. The van der Waals surface area contributed by atoms with Gasteiger partial charge in [-0.2, -0.15) is 0 Å². The van der Waals surface area contributed by atoms with E-state index in [1.807, 2.05) is 61.2 Å². The average molecular weight is 338 g/mol. The zero-order valence-corrected chi connectivity index (χ0v) is 14.9. The quantitative estimate of drug-likeness (QED) is 0.912. The van der Waals surface area contributed by atoms with E-state index in [1.165, 1.54) is 5.56 Å². The van der Waals surface area contributed by atoms with Gasteiger partial charge >= 0.3 is 0 Å². The number of likely N-dealkylation sites (tertiary alicyclic amines) is 1. The van der Waals surface area contributed by atoms with Gasteiger partial charge in [0.2, 0.25) is 5.91 Å². The zero-order valence-electron chi connectivity index (χ0n) is 14.9. The third-order valence-corrected chi connectivity index (χ3v) is 4.62. The topological polar surface area (TPSA) is 55.6 Å². The van der Waals surface area contributed by atoms with E-state index in [0.717, 1.165) is 11.3 Å². The van der Waals surface area contributed by atoms with Crippen molar-refractivity contribution >= 4 is 5.91 Å². The van der Waals surface area contributed by atoms with Crippen molar-refractivity contribution in [3.05, 3.63) is 65.7 Å². The lowest BCUT2D eigenvalue weighted by Crippen LogP contribution is -2.33. The highest BCUT2D eigenvalue weighted by Gasteiger charge is 2.33. The minimum Gasteiger partial charge on any atom is -0.491 e. The lowest BCUT2D eigenvalue weighted by molar-refractivity contribution is -0.129. The standard InChI is InChI=1S/C21H26N2O2/c1-15(2)25-20-11-7-6-10-17(20)12-21(24)23-13-18(19(22)14-23)16-8-4-3-5-9-16/h3-11,15,18-19H,12-14,22H2,1-2H3/t18-,19+/m0/s1. The molecule has 0 unspecified atom stereocenters. The third-order valence-electron chi connectivity index (χ3n) is 4.62. The molecule has 2 atom stereocenters. The van der Waals surface area contributed by atoms with Gasteiger partial charge in [-0.15, -0.1) is 0 Å². The highest BCUT2D eigenvalue weighted by molar-refractivity contribution is 5.80. The molecule has 0 spiro atoms. The highest BCUT2D eigenvalue weighted by Crippen LogP contribution is 2.28. The number of amides is 1. The molecule has 4 nitrogen and oxygen atoms in total. The molecule has 132 valence electrons. The first-order valence-corrected chi connectivity index (χ1v) is 8.87. The van der Waals surface area contributed by atoms with Crippen LogP contribution >= 0.6 is 0 Å². The monoisotopic (exact) mass is 338 g/mol. The Kier molecular flexibility index (Phi) is 5.39. The number of carbonyl (C=O) groups is 1. The fraction of sp³-hybridized carbons (Fsp3) is 0.381. The first-order chi connectivity index (χ1) is 12.0. The molecule has 1 aliphatic rings. The number of benzene rings is 2. The van der Waals surface area contributed by atoms with E-state index in [-0.39, 0.29) is 24.0 Å². The molecule has 1 amide bonds. The van der Waals surface area contributed by atoms with Gasteiger partial charge in [0.25, 0.3) is 0 Å². The van der Waals surface area contributed by atoms with E-state index in [4.69, 9.17) is 10.5 Å². The Hall–Kier alpha value is -2.33. The van der Waals surface area contributed by atoms with Gasteiger partial charge in [0.15, 0.2) is 0 Å². The van der Waals surface area contributed by atoms with Crippen LogP contribution in [0.25, 0.3) is 0 Å². The van der Waals surface area contributed by atoms with Crippen LogP contribution in [0.1, 0.15) is 30.9 Å². The number of nitrogens with zero attached hydrogens (tertiary/aromatic N) is 1. The zero-order chi connectivity index (χ0) is 17.8. The molecule has 0 saturated carbocycles. The molecule has 1 heterocycles. The molecule has 4 heteroatoms. The summed E-state index contributed by atoms with van der Waals surface area (Å²) in [6.45, 7) is 5.26. The van der Waals surface area contributed by atoms with Crippen LogP contribution in [0.3, 0.4) is 0 Å². The fourth-order valence-electron chi connectivity index (χ4n) is 3.38. The van der Waals surface area contributed by atoms with E-state index >= 15 is 0 Å². The highest BCUT2D eigenvalue weighted by atomic mass is 16.5. The fourth-order valence-corrected chi connectivity index (χ4v) is 3.38. The molecule has 0 aliphatic carbocycles. The van der Waals surface area contributed by atoms with Gasteiger partial charge < -0.3 is 15.4 Å². The molecule has 2 aromatic rings. The van der Waals surface area contributed by atoms with Crippen LogP contribution < -0.4 is 10.5 Å². The Labute approximate surface area is 149 Å². The van der Waals surface area contributed by atoms with Gasteiger partial charge in [-0.05, 0) is 25.5 Å². The van der Waals surface area contributed by atoms with Crippen LogP contribution in [-0.2, 0) is 11.2 Å². The summed E-state index contributed by atoms with van der Waals surface area (Å²) < 4.78 is 5.82. The number of rotatable bonds is 5. The second-order valence-corrected chi connectivity index (χ2v) is 6.93. The average Bonchev–Trinajstić information content (AvgIpc) is 2.99. The predicted octanol–water partition coefficient (Wildman–Crippen LogP) is 2.97. The lowest BCUT2D eigenvalue weighted by Gasteiger charge is -2.18. The van der Waals surface area contributed by atoms with Crippen LogP contribution in [0.15, 0.2) is 54.6 Å². The molecular weight excluding hydrogens is 312 g/mol. The van der Waals surface area contributed by atoms with E-state index < -0.39 is 0 Å². The van der Waals surface area contributed by atoms with Crippen molar-refractivity contribution in [1.82, 2.24) is 4.90 Å². The summed E-state index contributed by atoms with van der Waals surface area (Å²) >= 11 is 0. The van der Waals surface area contributed by atoms with Gasteiger partial charge in [0.05, 0.1) is 12.5 Å². The minimum atomic E-state index is -0.0199. The van der Waals surface area contributed by atoms with Crippen LogP contribution in [-0.4, -0.2) is 36.0 Å². The number of para-hydroxylation sites is 1. The Bertz CT molecular complexity index is 715. The second kappa shape index (κ2) is 7.70. The summed E-state index contributed by atoms with van der Waals surface area (Å²) in [5.41, 5.74) is 8.44. The third kappa shape index (κ3) is 4.20. The van der Waals surface area contributed by atoms with Gasteiger partial charge in [-0.1, -0.05) is 48.5 Å². The SMILES string of the molecule is CC(C)Oc1ccccc1CC(=O)N1C[C@@H](N)[C@H](c2ccccc2)C1. The van der Waals surface area contributed by atoms with Crippen molar-refractivity contribution in [3.63, 3.8) is 0 Å². The number of hydrogen-bond donors (Lipinski definition) is 1. The molecule has 25 heavy (non-hydrogen) atoms. The van der Waals surface area contributed by atoms with E-state index in [2.05, 4.69) is 12.1 Å². The second-order valence-electron chi connectivity index (χ2n) is 6.93. The van der Waals surface area contributed by atoms with Crippen molar-refractivity contribution in [1.29, 1.82) is 0 Å². The summed E-state index contributed by atoms with van der Waals surface area (Å²) in [7, 11) is 0. The van der Waals surface area contributed by atoms with Crippen molar-refractivity contribution in [3.8, 4) is 5.75 Å². The summed E-state index contributed by atoms with van der Waals surface area (Å²) in [6.07, 6.45) is 0.427. The Morgan fingerprint density at radius 1 is 1.12 bits per heavy atom. The lowest BCUT2D eigenvalue weighted by atomic mass is 9.95. The first-order valence-electron chi connectivity index (χ1n) is 8.87. The minimum absolute atomic E-state index is 0.0199. The van der Waals surface area contributed by atoms with Crippen molar-refractivity contribution in [2.45, 2.75) is 38.3 Å². The number of nitrogens with two attached hydrogens (primary N) is 1. The maximum absolute atomic E-state index is 12.8. The Balaban J connectivity index is 1.69. The van der Waals surface area contributed by atoms with Crippen LogP contribution in [0.4, 0.5) is 0 Å². The molecule has 3 rings (SSSR count). The van der Waals surface area contributed by atoms with Crippen LogP contribution in [0, 0.1) is 0 Å². The molecule has 2 N–H and O–H groups in total. The number of ether oxygens (including phenoxy) is 1. The molecule has 2 aromatic carbocycles. The van der Waals surface area contributed by atoms with Gasteiger partial charge in [0.1, 0.15) is 5.75 Å². The summed E-state index contributed by atoms with van der Waals surface area (Å²) in [5, 5.41) is 0. The maximum Gasteiger partial charge on any atom is 0.227 e. The van der Waals surface area contributed by atoms with Crippen molar-refractivity contribution in [2.24, 2.45) is 5.73 Å². The van der Waals surface area contributed by atoms with E-state index in [9.17, 15) is 4.79 Å². The van der Waals surface area contributed by atoms with Crippen LogP contribution in [0.5, 0.6) is 5.75 Å². The smallest absolute Gasteiger partial charge is 0.227 e. The number of hydrogen-bond acceptors (Lipinski definition) is 3. The Morgan fingerprint density at radius 2 is 1.80 bits per heavy atom. The summed E-state index contributed by atoms with van der Waals surface area (Å²) in [4.78, 5) is 14.7. The summed E-state index contributed by atoms with van der Waals surface area (Å²) in [5.74, 6) is 1.09. The molecular formula is C21H26N2O2. The van der Waals surface area contributed by atoms with Gasteiger partial charge in [0, 0.05) is 30.6 Å². The molecule has 1 fully saturated rings. The molecule has 0 radical (unpaired) electrons. The van der Waals surface area contributed by atoms with E-state index in [1.54, 1.807) is 0 Å². The van der Waals surface area contributed by atoms with Crippen molar-refractivity contribution < 1.29 is 9.53 Å². The van der Waals surface area contributed by atoms with Gasteiger partial charge in [-0.3, -0.25) is 4.79 Å². The molecule has 1 aliphatic heterocycles. The molecule has 1 saturated heterocycles. The predicted molar refractivity (Wildman–Crippen MR) is 99.6 cm³/mol. The molecule has 0 bridgehead atoms. The van der Waals surface area contributed by atoms with Gasteiger partial charge in [-0.25, -0.2) is 0 Å². The van der Waals surface area contributed by atoms with Crippen molar-refractivity contribution in [2.75, 3.05) is 13.1 Å². The largest absolute Gasteiger partial charge is 0.491 e. The van der Waals surface area contributed by atoms with Crippen LogP contribution in [0.2, 0.25) is 0 Å². The first kappa shape index (κ1) is 17.5. The number of carbonyl (C=O) groups excluding carboxylic acids is 1. The molecule has 0 aromatic heterocycles. The Morgan fingerprint density at radius 3 is 2.52 bits per heavy atom. The van der Waals surface area contributed by atoms with E-state index in [0.29, 0.717) is 19.5 Å². The normalized spacial score (nSPS) is 20.1. The summed E-state index contributed by atoms with van der Waals surface area (Å²) in [6, 6.07) is 18.0.